The lowest BCUT2D eigenvalue weighted by Gasteiger charge is -2.11. The molecule has 92 valence electrons. The Morgan fingerprint density at radius 2 is 2.18 bits per heavy atom. The molecular weight excluding hydrogens is 220 g/mol. The minimum absolute atomic E-state index is 0.199. The molecule has 1 aromatic carbocycles. The second kappa shape index (κ2) is 6.00. The number of ether oxygens (including phenoxy) is 1. The van der Waals surface area contributed by atoms with Gasteiger partial charge in [-0.15, -0.1) is 0 Å². The van der Waals surface area contributed by atoms with Crippen LogP contribution >= 0.6 is 0 Å². The molecule has 1 rings (SSSR count). The summed E-state index contributed by atoms with van der Waals surface area (Å²) in [6, 6.07) is 5.93. The van der Waals surface area contributed by atoms with Crippen molar-refractivity contribution in [2.24, 2.45) is 5.73 Å². The van der Waals surface area contributed by atoms with Crippen LogP contribution in [0.1, 0.15) is 12.5 Å². The SMILES string of the molecule is CCOC(=O)C(N)C(=O)Nc1cccc(C)c1. The summed E-state index contributed by atoms with van der Waals surface area (Å²) in [5.74, 6) is -1.30. The fraction of sp³-hybridized carbons (Fsp3) is 0.333. The van der Waals surface area contributed by atoms with E-state index in [9.17, 15) is 9.59 Å². The molecule has 1 atom stereocenters. The number of hydrogen-bond acceptors (Lipinski definition) is 4. The van der Waals surface area contributed by atoms with Gasteiger partial charge in [-0.2, -0.15) is 0 Å². The van der Waals surface area contributed by atoms with Gasteiger partial charge in [0, 0.05) is 5.69 Å². The number of carbonyl (C=O) groups is 2. The smallest absolute Gasteiger partial charge is 0.332 e. The largest absolute Gasteiger partial charge is 0.464 e. The summed E-state index contributed by atoms with van der Waals surface area (Å²) in [6.45, 7) is 3.76. The highest BCUT2D eigenvalue weighted by atomic mass is 16.5. The van der Waals surface area contributed by atoms with Crippen LogP contribution in [0.25, 0.3) is 0 Å². The molecule has 1 aromatic rings. The molecule has 0 heterocycles. The molecule has 0 aliphatic heterocycles. The maximum absolute atomic E-state index is 11.6. The van der Waals surface area contributed by atoms with Crippen molar-refractivity contribution in [3.8, 4) is 0 Å². The molecule has 0 aliphatic rings. The van der Waals surface area contributed by atoms with Gasteiger partial charge in [0.05, 0.1) is 6.61 Å². The number of anilines is 1. The van der Waals surface area contributed by atoms with E-state index in [1.807, 2.05) is 13.0 Å². The zero-order valence-corrected chi connectivity index (χ0v) is 9.90. The standard InChI is InChI=1S/C12H16N2O3/c1-3-17-12(16)10(13)11(15)14-9-6-4-5-8(2)7-9/h4-7,10H,3,13H2,1-2H3,(H,14,15). The van der Waals surface area contributed by atoms with E-state index in [0.29, 0.717) is 5.69 Å². The summed E-state index contributed by atoms with van der Waals surface area (Å²) < 4.78 is 4.66. The van der Waals surface area contributed by atoms with Gasteiger partial charge in [-0.05, 0) is 31.5 Å². The predicted octanol–water partition coefficient (Wildman–Crippen LogP) is 0.824. The molecule has 0 saturated carbocycles. The second-order valence-electron chi connectivity index (χ2n) is 3.59. The zero-order valence-electron chi connectivity index (χ0n) is 9.90. The average molecular weight is 236 g/mol. The van der Waals surface area contributed by atoms with Gasteiger partial charge in [0.15, 0.2) is 6.04 Å². The number of hydrogen-bond donors (Lipinski definition) is 2. The van der Waals surface area contributed by atoms with E-state index in [4.69, 9.17) is 5.73 Å². The summed E-state index contributed by atoms with van der Waals surface area (Å²) in [4.78, 5) is 22.8. The van der Waals surface area contributed by atoms with E-state index in [1.165, 1.54) is 0 Å². The van der Waals surface area contributed by atoms with E-state index in [1.54, 1.807) is 25.1 Å². The summed E-state index contributed by atoms with van der Waals surface area (Å²) >= 11 is 0. The molecule has 0 spiro atoms. The molecule has 5 nitrogen and oxygen atoms in total. The molecule has 1 amide bonds. The lowest BCUT2D eigenvalue weighted by atomic mass is 10.2. The van der Waals surface area contributed by atoms with Gasteiger partial charge in [-0.3, -0.25) is 4.79 Å². The molecule has 0 aliphatic carbocycles. The molecule has 0 aromatic heterocycles. The van der Waals surface area contributed by atoms with Gasteiger partial charge in [0.25, 0.3) is 5.91 Å². The fourth-order valence-electron chi connectivity index (χ4n) is 1.28. The Morgan fingerprint density at radius 1 is 1.47 bits per heavy atom. The number of benzene rings is 1. The Hall–Kier alpha value is -1.88. The van der Waals surface area contributed by atoms with Crippen LogP contribution in [0.5, 0.6) is 0 Å². The highest BCUT2D eigenvalue weighted by Crippen LogP contribution is 2.09. The quantitative estimate of drug-likeness (QED) is 0.599. The maximum atomic E-state index is 11.6. The van der Waals surface area contributed by atoms with Gasteiger partial charge in [0.1, 0.15) is 0 Å². The third-order valence-electron chi connectivity index (χ3n) is 2.11. The first-order chi connectivity index (χ1) is 8.04. The van der Waals surface area contributed by atoms with Crippen LogP contribution in [-0.2, 0) is 14.3 Å². The molecular formula is C12H16N2O3. The number of carbonyl (C=O) groups excluding carboxylic acids is 2. The van der Waals surface area contributed by atoms with Gasteiger partial charge in [-0.1, -0.05) is 12.1 Å². The highest BCUT2D eigenvalue weighted by molar-refractivity contribution is 6.08. The molecule has 1 unspecified atom stereocenters. The van der Waals surface area contributed by atoms with E-state index in [0.717, 1.165) is 5.56 Å². The van der Waals surface area contributed by atoms with E-state index >= 15 is 0 Å². The van der Waals surface area contributed by atoms with Crippen molar-refractivity contribution in [3.05, 3.63) is 29.8 Å². The van der Waals surface area contributed by atoms with Gasteiger partial charge in [-0.25, -0.2) is 4.79 Å². The molecule has 17 heavy (non-hydrogen) atoms. The Labute approximate surface area is 99.9 Å². The number of amides is 1. The summed E-state index contributed by atoms with van der Waals surface area (Å²) in [6.07, 6.45) is 0. The van der Waals surface area contributed by atoms with Gasteiger partial charge < -0.3 is 15.8 Å². The van der Waals surface area contributed by atoms with Crippen molar-refractivity contribution in [2.45, 2.75) is 19.9 Å². The minimum atomic E-state index is -1.30. The third kappa shape index (κ3) is 3.88. The molecule has 0 fully saturated rings. The molecule has 3 N–H and O–H groups in total. The van der Waals surface area contributed by atoms with E-state index in [2.05, 4.69) is 10.1 Å². The van der Waals surface area contributed by atoms with Gasteiger partial charge in [0.2, 0.25) is 0 Å². The summed E-state index contributed by atoms with van der Waals surface area (Å²) in [5.41, 5.74) is 7.06. The van der Waals surface area contributed by atoms with Crippen LogP contribution in [0, 0.1) is 6.92 Å². The number of esters is 1. The topological polar surface area (TPSA) is 81.4 Å². The normalized spacial score (nSPS) is 11.7. The Kier molecular flexibility index (Phi) is 4.66. The number of aryl methyl sites for hydroxylation is 1. The second-order valence-corrected chi connectivity index (χ2v) is 3.59. The fourth-order valence-corrected chi connectivity index (χ4v) is 1.28. The maximum Gasteiger partial charge on any atom is 0.332 e. The summed E-state index contributed by atoms with van der Waals surface area (Å²) in [7, 11) is 0. The summed E-state index contributed by atoms with van der Waals surface area (Å²) in [5, 5.41) is 2.56. The van der Waals surface area contributed by atoms with E-state index in [-0.39, 0.29) is 6.61 Å². The lowest BCUT2D eigenvalue weighted by Crippen LogP contribution is -2.43. The number of rotatable bonds is 4. The molecule has 5 heteroatoms. The van der Waals surface area contributed by atoms with Crippen molar-refractivity contribution in [2.75, 3.05) is 11.9 Å². The molecule has 0 saturated heterocycles. The lowest BCUT2D eigenvalue weighted by molar-refractivity contribution is -0.146. The zero-order chi connectivity index (χ0) is 12.8. The Morgan fingerprint density at radius 3 is 2.76 bits per heavy atom. The highest BCUT2D eigenvalue weighted by Gasteiger charge is 2.23. The van der Waals surface area contributed by atoms with Crippen molar-refractivity contribution >= 4 is 17.6 Å². The van der Waals surface area contributed by atoms with Crippen LogP contribution in [0.3, 0.4) is 0 Å². The van der Waals surface area contributed by atoms with Crippen LogP contribution in [0.4, 0.5) is 5.69 Å². The van der Waals surface area contributed by atoms with E-state index < -0.39 is 17.9 Å². The minimum Gasteiger partial charge on any atom is -0.464 e. The first kappa shape index (κ1) is 13.2. The van der Waals surface area contributed by atoms with Crippen LogP contribution in [0.2, 0.25) is 0 Å². The van der Waals surface area contributed by atoms with Crippen molar-refractivity contribution in [1.82, 2.24) is 0 Å². The van der Waals surface area contributed by atoms with Crippen LogP contribution in [0.15, 0.2) is 24.3 Å². The predicted molar refractivity (Wildman–Crippen MR) is 64.4 cm³/mol. The third-order valence-corrected chi connectivity index (χ3v) is 2.11. The number of nitrogens with one attached hydrogen (secondary N) is 1. The Balaban J connectivity index is 2.63. The first-order valence-corrected chi connectivity index (χ1v) is 5.34. The van der Waals surface area contributed by atoms with Crippen molar-refractivity contribution in [3.63, 3.8) is 0 Å². The van der Waals surface area contributed by atoms with Crippen molar-refractivity contribution in [1.29, 1.82) is 0 Å². The molecule has 0 radical (unpaired) electrons. The monoisotopic (exact) mass is 236 g/mol. The molecule has 0 bridgehead atoms. The van der Waals surface area contributed by atoms with Crippen molar-refractivity contribution < 1.29 is 14.3 Å². The number of nitrogens with two attached hydrogens (primary N) is 1. The van der Waals surface area contributed by atoms with Gasteiger partial charge >= 0.3 is 5.97 Å². The van der Waals surface area contributed by atoms with Crippen LogP contribution < -0.4 is 11.1 Å². The first-order valence-electron chi connectivity index (χ1n) is 5.34. The Bertz CT molecular complexity index is 418. The average Bonchev–Trinajstić information content (AvgIpc) is 2.28. The van der Waals surface area contributed by atoms with Crippen LogP contribution in [-0.4, -0.2) is 24.5 Å².